The summed E-state index contributed by atoms with van der Waals surface area (Å²) in [5.74, 6) is 0. The number of benzene rings is 1. The predicted molar refractivity (Wildman–Crippen MR) is 69.8 cm³/mol. The molecule has 5 nitrogen and oxygen atoms in total. The first-order valence-electron chi connectivity index (χ1n) is 5.74. The second-order valence-corrected chi connectivity index (χ2v) is 5.97. The van der Waals surface area contributed by atoms with E-state index in [-0.39, 0.29) is 18.0 Å². The van der Waals surface area contributed by atoms with Crippen molar-refractivity contribution in [3.63, 3.8) is 0 Å². The van der Waals surface area contributed by atoms with Crippen molar-refractivity contribution in [1.29, 1.82) is 0 Å². The highest BCUT2D eigenvalue weighted by atomic mass is 32.2. The van der Waals surface area contributed by atoms with Crippen LogP contribution in [0.25, 0.3) is 0 Å². The number of hydrogen-bond donors (Lipinski definition) is 2. The Balaban J connectivity index is 2.19. The number of aliphatic hydroxyl groups excluding tert-OH is 1. The monoisotopic (exact) mass is 281 g/mol. The highest BCUT2D eigenvalue weighted by Gasteiger charge is 2.15. The van der Waals surface area contributed by atoms with Crippen LogP contribution in [0.15, 0.2) is 46.1 Å². The van der Waals surface area contributed by atoms with Gasteiger partial charge in [0.2, 0.25) is 10.0 Å². The minimum atomic E-state index is -3.59. The van der Waals surface area contributed by atoms with Crippen LogP contribution < -0.4 is 4.72 Å². The number of rotatable bonds is 5. The number of aryl methyl sites for hydroxylation is 1. The maximum atomic E-state index is 12.1. The first kappa shape index (κ1) is 13.8. The fourth-order valence-corrected chi connectivity index (χ4v) is 2.71. The van der Waals surface area contributed by atoms with Crippen molar-refractivity contribution >= 4 is 10.0 Å². The van der Waals surface area contributed by atoms with Crippen LogP contribution in [0.5, 0.6) is 0 Å². The zero-order valence-electron chi connectivity index (χ0n) is 10.5. The van der Waals surface area contributed by atoms with E-state index in [1.807, 2.05) is 6.92 Å². The lowest BCUT2D eigenvalue weighted by molar-refractivity contribution is 0.280. The third-order valence-electron chi connectivity index (χ3n) is 2.85. The average molecular weight is 281 g/mol. The summed E-state index contributed by atoms with van der Waals surface area (Å²) in [4.78, 5) is 0.144. The van der Waals surface area contributed by atoms with Crippen molar-refractivity contribution in [1.82, 2.24) is 4.72 Å². The Morgan fingerprint density at radius 1 is 1.32 bits per heavy atom. The summed E-state index contributed by atoms with van der Waals surface area (Å²) in [6, 6.07) is 6.37. The van der Waals surface area contributed by atoms with Gasteiger partial charge in [-0.3, -0.25) is 0 Å². The van der Waals surface area contributed by atoms with Gasteiger partial charge in [-0.15, -0.1) is 0 Å². The Hall–Kier alpha value is -1.63. The topological polar surface area (TPSA) is 79.5 Å². The molecule has 0 radical (unpaired) electrons. The molecule has 102 valence electrons. The van der Waals surface area contributed by atoms with E-state index >= 15 is 0 Å². The minimum absolute atomic E-state index is 0.144. The number of hydrogen-bond acceptors (Lipinski definition) is 4. The molecule has 1 aromatic carbocycles. The molecule has 2 rings (SSSR count). The zero-order valence-corrected chi connectivity index (χ0v) is 11.3. The van der Waals surface area contributed by atoms with Gasteiger partial charge >= 0.3 is 0 Å². The third kappa shape index (κ3) is 3.23. The molecule has 0 bridgehead atoms. The molecule has 1 aromatic heterocycles. The molecule has 1 heterocycles. The molecule has 0 atom stereocenters. The van der Waals surface area contributed by atoms with Crippen LogP contribution in [0.4, 0.5) is 0 Å². The van der Waals surface area contributed by atoms with E-state index in [4.69, 9.17) is 9.52 Å². The predicted octanol–water partition coefficient (Wildman–Crippen LogP) is 1.56. The van der Waals surface area contributed by atoms with E-state index in [0.717, 1.165) is 11.1 Å². The number of nitrogens with one attached hydrogen (secondary N) is 1. The summed E-state index contributed by atoms with van der Waals surface area (Å²) < 4.78 is 31.5. The minimum Gasteiger partial charge on any atom is -0.472 e. The molecule has 0 fully saturated rings. The van der Waals surface area contributed by atoms with Crippen LogP contribution in [-0.2, 0) is 23.2 Å². The van der Waals surface area contributed by atoms with E-state index in [0.29, 0.717) is 5.56 Å². The van der Waals surface area contributed by atoms with Gasteiger partial charge in [0.1, 0.15) is 0 Å². The Labute approximate surface area is 111 Å². The molecule has 19 heavy (non-hydrogen) atoms. The van der Waals surface area contributed by atoms with Crippen LogP contribution >= 0.6 is 0 Å². The van der Waals surface area contributed by atoms with Crippen molar-refractivity contribution in [2.24, 2.45) is 0 Å². The summed E-state index contributed by atoms with van der Waals surface area (Å²) in [5.41, 5.74) is 2.21. The standard InChI is InChI=1S/C13H15NO4S/c1-10-2-3-13(6-12(10)8-15)19(16,17)14-7-11-4-5-18-9-11/h2-6,9,14-15H,7-8H2,1H3. The largest absolute Gasteiger partial charge is 0.472 e. The molecule has 0 saturated carbocycles. The Morgan fingerprint density at radius 3 is 2.74 bits per heavy atom. The summed E-state index contributed by atoms with van der Waals surface area (Å²) in [5, 5.41) is 9.16. The molecule has 0 spiro atoms. The second-order valence-electron chi connectivity index (χ2n) is 4.20. The first-order chi connectivity index (χ1) is 9.03. The lowest BCUT2D eigenvalue weighted by Crippen LogP contribution is -2.23. The van der Waals surface area contributed by atoms with Crippen molar-refractivity contribution in [3.8, 4) is 0 Å². The van der Waals surface area contributed by atoms with Gasteiger partial charge in [-0.05, 0) is 36.2 Å². The summed E-state index contributed by atoms with van der Waals surface area (Å²) in [6.07, 6.45) is 2.97. The van der Waals surface area contributed by atoms with Crippen LogP contribution in [0.3, 0.4) is 0 Å². The lowest BCUT2D eigenvalue weighted by atomic mass is 10.1. The van der Waals surface area contributed by atoms with Crippen LogP contribution in [0.2, 0.25) is 0 Å². The molecular weight excluding hydrogens is 266 g/mol. The highest BCUT2D eigenvalue weighted by Crippen LogP contribution is 2.16. The molecule has 0 unspecified atom stereocenters. The van der Waals surface area contributed by atoms with Crippen LogP contribution in [0, 0.1) is 6.92 Å². The van der Waals surface area contributed by atoms with Gasteiger partial charge in [0.25, 0.3) is 0 Å². The van der Waals surface area contributed by atoms with Crippen molar-refractivity contribution in [2.75, 3.05) is 0 Å². The van der Waals surface area contributed by atoms with E-state index in [1.54, 1.807) is 12.1 Å². The molecule has 0 saturated heterocycles. The summed E-state index contributed by atoms with van der Waals surface area (Å²) in [6.45, 7) is 1.80. The lowest BCUT2D eigenvalue weighted by Gasteiger charge is -2.08. The molecule has 0 amide bonds. The first-order valence-corrected chi connectivity index (χ1v) is 7.22. The maximum absolute atomic E-state index is 12.1. The smallest absolute Gasteiger partial charge is 0.240 e. The number of furan rings is 1. The Bertz CT molecular complexity index is 647. The van der Waals surface area contributed by atoms with Gasteiger partial charge in [0, 0.05) is 12.1 Å². The number of aliphatic hydroxyl groups is 1. The second kappa shape index (κ2) is 5.56. The molecule has 0 aliphatic rings. The molecule has 0 aliphatic heterocycles. The third-order valence-corrected chi connectivity index (χ3v) is 4.25. The fourth-order valence-electron chi connectivity index (χ4n) is 1.64. The van der Waals surface area contributed by atoms with Crippen LogP contribution in [-0.4, -0.2) is 13.5 Å². The Morgan fingerprint density at radius 2 is 2.11 bits per heavy atom. The van der Waals surface area contributed by atoms with Gasteiger partial charge in [-0.1, -0.05) is 6.07 Å². The van der Waals surface area contributed by atoms with Gasteiger partial charge in [-0.2, -0.15) is 0 Å². The SMILES string of the molecule is Cc1ccc(S(=O)(=O)NCc2ccoc2)cc1CO. The molecule has 2 N–H and O–H groups in total. The van der Waals surface area contributed by atoms with Gasteiger partial charge < -0.3 is 9.52 Å². The number of sulfonamides is 1. The summed E-state index contributed by atoms with van der Waals surface area (Å²) >= 11 is 0. The Kier molecular flexibility index (Phi) is 4.04. The normalized spacial score (nSPS) is 11.7. The highest BCUT2D eigenvalue weighted by molar-refractivity contribution is 7.89. The van der Waals surface area contributed by atoms with E-state index in [2.05, 4.69) is 4.72 Å². The molecule has 6 heteroatoms. The zero-order chi connectivity index (χ0) is 13.9. The van der Waals surface area contributed by atoms with Crippen molar-refractivity contribution in [2.45, 2.75) is 25.0 Å². The van der Waals surface area contributed by atoms with Gasteiger partial charge in [0.05, 0.1) is 24.0 Å². The van der Waals surface area contributed by atoms with Gasteiger partial charge in [-0.25, -0.2) is 13.1 Å². The molecule has 2 aromatic rings. The molecule has 0 aliphatic carbocycles. The fraction of sp³-hybridized carbons (Fsp3) is 0.231. The van der Waals surface area contributed by atoms with Crippen molar-refractivity contribution < 1.29 is 17.9 Å². The average Bonchev–Trinajstić information content (AvgIpc) is 2.90. The molecular formula is C13H15NO4S. The van der Waals surface area contributed by atoms with E-state index in [9.17, 15) is 8.42 Å². The quantitative estimate of drug-likeness (QED) is 0.871. The van der Waals surface area contributed by atoms with E-state index < -0.39 is 10.0 Å². The van der Waals surface area contributed by atoms with Crippen molar-refractivity contribution in [3.05, 3.63) is 53.5 Å². The van der Waals surface area contributed by atoms with Gasteiger partial charge in [0.15, 0.2) is 0 Å². The van der Waals surface area contributed by atoms with E-state index in [1.165, 1.54) is 24.7 Å². The summed E-state index contributed by atoms with van der Waals surface area (Å²) in [7, 11) is -3.59. The van der Waals surface area contributed by atoms with Crippen LogP contribution in [0.1, 0.15) is 16.7 Å². The maximum Gasteiger partial charge on any atom is 0.240 e.